The number of nitrogens with zero attached hydrogens (tertiary/aromatic N) is 3. The van der Waals surface area contributed by atoms with Crippen LogP contribution in [0.1, 0.15) is 12.5 Å². The first-order valence-corrected chi connectivity index (χ1v) is 11.2. The van der Waals surface area contributed by atoms with E-state index in [2.05, 4.69) is 4.99 Å². The summed E-state index contributed by atoms with van der Waals surface area (Å²) in [6.07, 6.45) is 0.308. The first kappa shape index (κ1) is 20.6. The molecule has 1 unspecified atom stereocenters. The Labute approximate surface area is 170 Å². The Morgan fingerprint density at radius 1 is 1.18 bits per heavy atom. The first-order chi connectivity index (χ1) is 13.3. The number of amidine groups is 1. The van der Waals surface area contributed by atoms with Gasteiger partial charge < -0.3 is 0 Å². The summed E-state index contributed by atoms with van der Waals surface area (Å²) in [5, 5.41) is 0.833. The Morgan fingerprint density at radius 2 is 1.89 bits per heavy atom. The van der Waals surface area contributed by atoms with Crippen LogP contribution in [0.25, 0.3) is 0 Å². The van der Waals surface area contributed by atoms with Gasteiger partial charge in [-0.05, 0) is 23.8 Å². The fourth-order valence-electron chi connectivity index (χ4n) is 2.81. The highest BCUT2D eigenvalue weighted by Crippen LogP contribution is 2.29. The lowest BCUT2D eigenvalue weighted by Crippen LogP contribution is -2.33. The van der Waals surface area contributed by atoms with Gasteiger partial charge in [-0.15, -0.1) is 0 Å². The lowest BCUT2D eigenvalue weighted by molar-refractivity contribution is -0.126. The molecule has 8 heteroatoms. The summed E-state index contributed by atoms with van der Waals surface area (Å²) in [7, 11) is -0.553. The molecule has 0 aliphatic carbocycles. The van der Waals surface area contributed by atoms with Crippen molar-refractivity contribution in [1.82, 2.24) is 9.21 Å². The Bertz CT molecular complexity index is 989. The van der Waals surface area contributed by atoms with Crippen molar-refractivity contribution in [3.05, 3.63) is 60.2 Å². The zero-order valence-electron chi connectivity index (χ0n) is 16.1. The molecule has 2 aromatic rings. The number of benzene rings is 2. The van der Waals surface area contributed by atoms with Gasteiger partial charge in [-0.3, -0.25) is 9.69 Å². The van der Waals surface area contributed by atoms with Gasteiger partial charge >= 0.3 is 0 Å². The highest BCUT2D eigenvalue weighted by molar-refractivity contribution is 8.14. The lowest BCUT2D eigenvalue weighted by atomic mass is 10.1. The van der Waals surface area contributed by atoms with Gasteiger partial charge in [-0.1, -0.05) is 55.1 Å². The molecule has 28 heavy (non-hydrogen) atoms. The van der Waals surface area contributed by atoms with Gasteiger partial charge in [0.25, 0.3) is 0 Å². The molecule has 1 heterocycles. The summed E-state index contributed by atoms with van der Waals surface area (Å²) in [5.74, 6) is -0.0149. The van der Waals surface area contributed by atoms with Gasteiger partial charge in [0, 0.05) is 25.9 Å². The van der Waals surface area contributed by atoms with E-state index in [0.29, 0.717) is 23.8 Å². The quantitative estimate of drug-likeness (QED) is 0.749. The summed E-state index contributed by atoms with van der Waals surface area (Å²) in [5.41, 5.74) is 1.47. The largest absolute Gasteiger partial charge is 0.290 e. The monoisotopic (exact) mass is 417 g/mol. The molecule has 0 saturated carbocycles. The van der Waals surface area contributed by atoms with Crippen LogP contribution in [0.2, 0.25) is 0 Å². The Hall–Kier alpha value is -2.16. The predicted molar refractivity (Wildman–Crippen MR) is 113 cm³/mol. The molecule has 1 atom stereocenters. The molecule has 0 radical (unpaired) electrons. The minimum atomic E-state index is -3.54. The molecule has 1 saturated heterocycles. The second-order valence-corrected chi connectivity index (χ2v) is 10.3. The maximum atomic E-state index is 12.8. The number of aliphatic imine (C=N–C) groups is 1. The first-order valence-electron chi connectivity index (χ1n) is 8.89. The normalized spacial score (nSPS) is 18.8. The highest BCUT2D eigenvalue weighted by atomic mass is 32.2. The smallest absolute Gasteiger partial charge is 0.242 e. The fraction of sp³-hybridized carbons (Fsp3) is 0.300. The van der Waals surface area contributed by atoms with Crippen LogP contribution in [0.4, 0.5) is 5.69 Å². The Morgan fingerprint density at radius 3 is 2.57 bits per heavy atom. The average molecular weight is 418 g/mol. The van der Waals surface area contributed by atoms with Crippen LogP contribution in [0, 0.1) is 0 Å². The number of hydrogen-bond donors (Lipinski definition) is 0. The Balaban J connectivity index is 1.87. The van der Waals surface area contributed by atoms with Crippen molar-refractivity contribution in [2.45, 2.75) is 23.5 Å². The summed E-state index contributed by atoms with van der Waals surface area (Å²) >= 11 is 1.52. The molecule has 0 bridgehead atoms. The third-order valence-corrected chi connectivity index (χ3v) is 7.18. The van der Waals surface area contributed by atoms with Gasteiger partial charge in [0.2, 0.25) is 15.9 Å². The van der Waals surface area contributed by atoms with E-state index >= 15 is 0 Å². The van der Waals surface area contributed by atoms with Crippen molar-refractivity contribution in [2.75, 3.05) is 20.6 Å². The molecule has 6 nitrogen and oxygen atoms in total. The van der Waals surface area contributed by atoms with Crippen LogP contribution in [0.3, 0.4) is 0 Å². The fourth-order valence-corrected chi connectivity index (χ4v) is 4.80. The van der Waals surface area contributed by atoms with Crippen LogP contribution >= 0.6 is 11.8 Å². The molecule has 0 N–H and O–H groups in total. The SMILES string of the molecule is CC1CN(C(=O)Cc2ccccc2)C(=Nc2cccc(S(=O)(=O)N(C)C)c2)S1. The van der Waals surface area contributed by atoms with Crippen molar-refractivity contribution in [2.24, 2.45) is 4.99 Å². The van der Waals surface area contributed by atoms with Gasteiger partial charge in [0.15, 0.2) is 5.17 Å². The molecule has 148 valence electrons. The standard InChI is InChI=1S/C20H23N3O3S2/c1-15-14-23(19(24)12-16-8-5-4-6-9-16)20(27-15)21-17-10-7-11-18(13-17)28(25,26)22(2)3/h4-11,13,15H,12,14H2,1-3H3. The molecule has 1 aliphatic heterocycles. The van der Waals surface area contributed by atoms with Crippen molar-refractivity contribution >= 4 is 38.5 Å². The number of thioether (sulfide) groups is 1. The number of sulfonamides is 1. The van der Waals surface area contributed by atoms with Gasteiger partial charge in [0.1, 0.15) is 0 Å². The average Bonchev–Trinajstić information content (AvgIpc) is 3.03. The van der Waals surface area contributed by atoms with E-state index in [1.807, 2.05) is 37.3 Å². The molecular weight excluding hydrogens is 394 g/mol. The second kappa shape index (κ2) is 8.46. The van der Waals surface area contributed by atoms with E-state index in [-0.39, 0.29) is 16.1 Å². The van der Waals surface area contributed by atoms with E-state index in [4.69, 9.17) is 0 Å². The summed E-state index contributed by atoms with van der Waals surface area (Å²) in [4.78, 5) is 19.3. The van der Waals surface area contributed by atoms with Crippen molar-refractivity contribution in [3.8, 4) is 0 Å². The number of rotatable bonds is 5. The minimum Gasteiger partial charge on any atom is -0.290 e. The third-order valence-electron chi connectivity index (χ3n) is 4.30. The van der Waals surface area contributed by atoms with Gasteiger partial charge in [-0.25, -0.2) is 17.7 Å². The van der Waals surface area contributed by atoms with Crippen LogP contribution < -0.4 is 0 Å². The van der Waals surface area contributed by atoms with Crippen molar-refractivity contribution in [3.63, 3.8) is 0 Å². The highest BCUT2D eigenvalue weighted by Gasteiger charge is 2.30. The molecular formula is C20H23N3O3S2. The Kier molecular flexibility index (Phi) is 6.22. The topological polar surface area (TPSA) is 70.0 Å². The number of carbonyl (C=O) groups excluding carboxylic acids is 1. The van der Waals surface area contributed by atoms with E-state index in [9.17, 15) is 13.2 Å². The number of carbonyl (C=O) groups is 1. The molecule has 0 aromatic heterocycles. The molecule has 1 amide bonds. The van der Waals surface area contributed by atoms with E-state index < -0.39 is 10.0 Å². The summed E-state index contributed by atoms with van der Waals surface area (Å²) < 4.78 is 25.9. The molecule has 0 spiro atoms. The van der Waals surface area contributed by atoms with Crippen LogP contribution in [-0.2, 0) is 21.2 Å². The number of hydrogen-bond acceptors (Lipinski definition) is 5. The maximum Gasteiger partial charge on any atom is 0.242 e. The van der Waals surface area contributed by atoms with Gasteiger partial charge in [0.05, 0.1) is 17.0 Å². The van der Waals surface area contributed by atoms with E-state index in [0.717, 1.165) is 5.56 Å². The van der Waals surface area contributed by atoms with Gasteiger partial charge in [-0.2, -0.15) is 0 Å². The molecule has 1 fully saturated rings. The predicted octanol–water partition coefficient (Wildman–Crippen LogP) is 3.13. The van der Waals surface area contributed by atoms with E-state index in [1.54, 1.807) is 23.1 Å². The zero-order valence-corrected chi connectivity index (χ0v) is 17.7. The van der Waals surface area contributed by atoms with Crippen molar-refractivity contribution in [1.29, 1.82) is 0 Å². The summed E-state index contributed by atoms with van der Waals surface area (Å²) in [6, 6.07) is 16.1. The maximum absolute atomic E-state index is 12.8. The molecule has 2 aromatic carbocycles. The van der Waals surface area contributed by atoms with Crippen molar-refractivity contribution < 1.29 is 13.2 Å². The molecule has 1 aliphatic rings. The third kappa shape index (κ3) is 4.63. The zero-order chi connectivity index (χ0) is 20.3. The second-order valence-electron chi connectivity index (χ2n) is 6.77. The molecule has 3 rings (SSSR count). The van der Waals surface area contributed by atoms with Crippen LogP contribution in [-0.4, -0.2) is 54.6 Å². The lowest BCUT2D eigenvalue weighted by Gasteiger charge is -2.16. The summed E-state index contributed by atoms with van der Waals surface area (Å²) in [6.45, 7) is 2.63. The van der Waals surface area contributed by atoms with E-state index in [1.165, 1.54) is 36.2 Å². The number of amides is 1. The van der Waals surface area contributed by atoms with Crippen LogP contribution in [0.5, 0.6) is 0 Å². The minimum absolute atomic E-state index is 0.0149. The van der Waals surface area contributed by atoms with Crippen LogP contribution in [0.15, 0.2) is 64.5 Å².